The fourth-order valence-electron chi connectivity index (χ4n) is 2.69. The van der Waals surface area contributed by atoms with Crippen LogP contribution in [-0.2, 0) is 10.5 Å². The van der Waals surface area contributed by atoms with E-state index in [4.69, 9.17) is 19.9 Å². The van der Waals surface area contributed by atoms with Crippen LogP contribution >= 0.6 is 0 Å². The van der Waals surface area contributed by atoms with Crippen molar-refractivity contribution >= 4 is 11.7 Å². The highest BCUT2D eigenvalue weighted by molar-refractivity contribution is 6.41. The first-order valence-electron chi connectivity index (χ1n) is 8.26. The predicted molar refractivity (Wildman–Crippen MR) is 98.9 cm³/mol. The van der Waals surface area contributed by atoms with Gasteiger partial charge in [-0.1, -0.05) is 0 Å². The van der Waals surface area contributed by atoms with Gasteiger partial charge in [-0.05, 0) is 18.6 Å². The lowest BCUT2D eigenvalue weighted by atomic mass is 10.1. The molecule has 0 radical (unpaired) electrons. The number of hydrogen-bond acceptors (Lipinski definition) is 8. The topological polar surface area (TPSA) is 106 Å². The van der Waals surface area contributed by atoms with Gasteiger partial charge in [0.25, 0.3) is 0 Å². The first kappa shape index (κ1) is 18.2. The normalized spacial score (nSPS) is 22.8. The Labute approximate surface area is 152 Å². The number of hydrazine groups is 1. The van der Waals surface area contributed by atoms with E-state index >= 15 is 0 Å². The van der Waals surface area contributed by atoms with Crippen LogP contribution in [-0.4, -0.2) is 51.2 Å². The highest BCUT2D eigenvalue weighted by Crippen LogP contribution is 2.31. The van der Waals surface area contributed by atoms with Crippen molar-refractivity contribution in [2.75, 3.05) is 34.5 Å². The average Bonchev–Trinajstić information content (AvgIpc) is 3.03. The van der Waals surface area contributed by atoms with E-state index in [1.807, 2.05) is 12.1 Å². The second kappa shape index (κ2) is 7.73. The van der Waals surface area contributed by atoms with Crippen molar-refractivity contribution in [3.8, 4) is 11.5 Å². The minimum Gasteiger partial charge on any atom is -0.497 e. The number of hydrogen-bond donors (Lipinski definition) is 3. The number of ether oxygens (including phenoxy) is 3. The first-order chi connectivity index (χ1) is 12.6. The zero-order valence-corrected chi connectivity index (χ0v) is 15.2. The summed E-state index contributed by atoms with van der Waals surface area (Å²) in [6.07, 6.45) is 4.41. The van der Waals surface area contributed by atoms with Gasteiger partial charge in [-0.15, -0.1) is 0 Å². The van der Waals surface area contributed by atoms with Crippen LogP contribution in [0.4, 0.5) is 0 Å². The number of rotatable bonds is 7. The van der Waals surface area contributed by atoms with Gasteiger partial charge in [0.05, 0.1) is 14.2 Å². The number of aliphatic imine (C=N–C) groups is 2. The SMILES string of the molecule is COCCCN=C1NC=CN2NC(N)(c3cc(OC)cc(OC)c3)N=C12. The quantitative estimate of drug-likeness (QED) is 0.608. The van der Waals surface area contributed by atoms with Crippen LogP contribution in [0.2, 0.25) is 0 Å². The van der Waals surface area contributed by atoms with E-state index in [0.29, 0.717) is 41.9 Å². The molecule has 0 fully saturated rings. The van der Waals surface area contributed by atoms with Crippen molar-refractivity contribution in [3.05, 3.63) is 36.2 Å². The first-order valence-corrected chi connectivity index (χ1v) is 8.26. The summed E-state index contributed by atoms with van der Waals surface area (Å²) in [4.78, 5) is 9.21. The third-order valence-electron chi connectivity index (χ3n) is 4.02. The molecule has 0 saturated heterocycles. The largest absolute Gasteiger partial charge is 0.497 e. The van der Waals surface area contributed by atoms with Crippen LogP contribution in [0.5, 0.6) is 11.5 Å². The van der Waals surface area contributed by atoms with Gasteiger partial charge in [-0.25, -0.2) is 4.99 Å². The molecule has 9 heteroatoms. The summed E-state index contributed by atoms with van der Waals surface area (Å²) in [5.74, 6) is 1.38. The highest BCUT2D eigenvalue weighted by Gasteiger charge is 2.39. The summed E-state index contributed by atoms with van der Waals surface area (Å²) in [6, 6.07) is 5.43. The fraction of sp³-hybridized carbons (Fsp3) is 0.412. The maximum Gasteiger partial charge on any atom is 0.208 e. The number of nitrogens with two attached hydrogens (primary N) is 1. The smallest absolute Gasteiger partial charge is 0.208 e. The van der Waals surface area contributed by atoms with Crippen molar-refractivity contribution in [2.24, 2.45) is 15.7 Å². The zero-order chi connectivity index (χ0) is 18.6. The van der Waals surface area contributed by atoms with Gasteiger partial charge in [-0.2, -0.15) is 5.43 Å². The Morgan fingerprint density at radius 2 is 1.92 bits per heavy atom. The molecular formula is C17H24N6O3. The van der Waals surface area contributed by atoms with E-state index in [-0.39, 0.29) is 0 Å². The lowest BCUT2D eigenvalue weighted by molar-refractivity contribution is 0.197. The van der Waals surface area contributed by atoms with Crippen LogP contribution in [0, 0.1) is 0 Å². The minimum absolute atomic E-state index is 0.620. The van der Waals surface area contributed by atoms with E-state index in [1.165, 1.54) is 0 Å². The van der Waals surface area contributed by atoms with Crippen molar-refractivity contribution < 1.29 is 14.2 Å². The maximum atomic E-state index is 6.54. The van der Waals surface area contributed by atoms with Gasteiger partial charge in [0, 0.05) is 44.3 Å². The highest BCUT2D eigenvalue weighted by atomic mass is 16.5. The molecule has 4 N–H and O–H groups in total. The summed E-state index contributed by atoms with van der Waals surface area (Å²) < 4.78 is 15.7. The Morgan fingerprint density at radius 1 is 1.19 bits per heavy atom. The fourth-order valence-corrected chi connectivity index (χ4v) is 2.69. The van der Waals surface area contributed by atoms with Crippen LogP contribution in [0.25, 0.3) is 0 Å². The maximum absolute atomic E-state index is 6.54. The third-order valence-corrected chi connectivity index (χ3v) is 4.02. The molecule has 26 heavy (non-hydrogen) atoms. The van der Waals surface area contributed by atoms with Crippen molar-refractivity contribution in [3.63, 3.8) is 0 Å². The summed E-state index contributed by atoms with van der Waals surface area (Å²) in [7, 11) is 4.86. The average molecular weight is 360 g/mol. The van der Waals surface area contributed by atoms with Crippen LogP contribution in [0.1, 0.15) is 12.0 Å². The molecule has 0 bridgehead atoms. The van der Waals surface area contributed by atoms with E-state index in [2.05, 4.69) is 20.7 Å². The number of benzene rings is 1. The van der Waals surface area contributed by atoms with Crippen LogP contribution in [0.3, 0.4) is 0 Å². The van der Waals surface area contributed by atoms with Gasteiger partial charge in [0.15, 0.2) is 11.7 Å². The van der Waals surface area contributed by atoms with E-state index in [0.717, 1.165) is 6.42 Å². The number of amidine groups is 2. The van der Waals surface area contributed by atoms with Gasteiger partial charge < -0.3 is 19.5 Å². The summed E-state index contributed by atoms with van der Waals surface area (Å²) in [5, 5.41) is 4.86. The predicted octanol–water partition coefficient (Wildman–Crippen LogP) is 0.501. The second-order valence-electron chi connectivity index (χ2n) is 5.82. The summed E-state index contributed by atoms with van der Waals surface area (Å²) >= 11 is 0. The standard InChI is InChI=1S/C17H24N6O3/c1-24-8-4-5-19-15-16-21-17(18,22-23(16)7-6-20-15)12-9-13(25-2)11-14(10-12)26-3/h6-7,9-11,22H,4-5,8,18H2,1-3H3,(H,19,20). The molecule has 0 spiro atoms. The molecule has 0 amide bonds. The van der Waals surface area contributed by atoms with Crippen molar-refractivity contribution in [1.82, 2.24) is 15.8 Å². The van der Waals surface area contributed by atoms with E-state index < -0.39 is 5.79 Å². The van der Waals surface area contributed by atoms with E-state index in [9.17, 15) is 0 Å². The Bertz CT molecular complexity index is 726. The molecule has 2 heterocycles. The molecule has 9 nitrogen and oxygen atoms in total. The Hall–Kier alpha value is -2.62. The third kappa shape index (κ3) is 3.64. The molecule has 0 saturated carbocycles. The number of methoxy groups -OCH3 is 3. The minimum atomic E-state index is -1.17. The lowest BCUT2D eigenvalue weighted by Gasteiger charge is -2.26. The number of nitrogens with one attached hydrogen (secondary N) is 2. The Balaban J connectivity index is 1.90. The summed E-state index contributed by atoms with van der Waals surface area (Å²) in [6.45, 7) is 1.28. The van der Waals surface area contributed by atoms with E-state index in [1.54, 1.807) is 44.8 Å². The Kier molecular flexibility index (Phi) is 5.40. The number of fused-ring (bicyclic) bond motifs is 1. The molecule has 1 atom stereocenters. The molecular weight excluding hydrogens is 336 g/mol. The van der Waals surface area contributed by atoms with Gasteiger partial charge >= 0.3 is 0 Å². The van der Waals surface area contributed by atoms with Gasteiger partial charge in [-0.3, -0.25) is 15.7 Å². The van der Waals surface area contributed by atoms with Crippen molar-refractivity contribution in [2.45, 2.75) is 12.2 Å². The van der Waals surface area contributed by atoms with Crippen LogP contribution < -0.4 is 25.9 Å². The van der Waals surface area contributed by atoms with Gasteiger partial charge in [0.1, 0.15) is 11.5 Å². The lowest BCUT2D eigenvalue weighted by Crippen LogP contribution is -2.52. The van der Waals surface area contributed by atoms with Gasteiger partial charge in [0.2, 0.25) is 5.79 Å². The molecule has 2 aliphatic heterocycles. The van der Waals surface area contributed by atoms with Crippen molar-refractivity contribution in [1.29, 1.82) is 0 Å². The molecule has 1 unspecified atom stereocenters. The molecule has 2 aliphatic rings. The molecule has 1 aromatic rings. The molecule has 140 valence electrons. The molecule has 0 aromatic heterocycles. The Morgan fingerprint density at radius 3 is 2.58 bits per heavy atom. The number of nitrogens with zero attached hydrogens (tertiary/aromatic N) is 3. The molecule has 0 aliphatic carbocycles. The summed E-state index contributed by atoms with van der Waals surface area (Å²) in [5.41, 5.74) is 10.4. The van der Waals surface area contributed by atoms with Crippen LogP contribution in [0.15, 0.2) is 40.6 Å². The zero-order valence-electron chi connectivity index (χ0n) is 15.2. The second-order valence-corrected chi connectivity index (χ2v) is 5.82. The molecule has 1 aromatic carbocycles. The monoisotopic (exact) mass is 360 g/mol. The molecule has 3 rings (SSSR count).